The molecular weight excluding hydrogens is 469 g/mol. The van der Waals surface area contributed by atoms with Crippen LogP contribution in [0.5, 0.6) is 17.5 Å². The summed E-state index contributed by atoms with van der Waals surface area (Å²) >= 11 is 0. The maximum atomic E-state index is 12.6. The quantitative estimate of drug-likeness (QED) is 0.287. The number of carbonyl (C=O) groups excluding carboxylic acids is 2. The Labute approximate surface area is 198 Å². The molecule has 0 aliphatic rings. The van der Waals surface area contributed by atoms with Crippen molar-refractivity contribution < 1.29 is 37.3 Å². The first-order valence-electron chi connectivity index (χ1n) is 10.5. The van der Waals surface area contributed by atoms with E-state index < -0.39 is 23.9 Å². The molecular formula is C23H23F3N4O5. The molecule has 3 aromatic rings. The molecule has 3 N–H and O–H groups in total. The predicted molar refractivity (Wildman–Crippen MR) is 120 cm³/mol. The highest BCUT2D eigenvalue weighted by Gasteiger charge is 2.31. The van der Waals surface area contributed by atoms with Gasteiger partial charge in [0.1, 0.15) is 17.2 Å². The Morgan fingerprint density at radius 1 is 1.09 bits per heavy atom. The molecule has 0 saturated carbocycles. The van der Waals surface area contributed by atoms with Gasteiger partial charge in [-0.3, -0.25) is 14.7 Å². The number of hydrogen-bond acceptors (Lipinski definition) is 6. The average molecular weight is 492 g/mol. The van der Waals surface area contributed by atoms with Crippen LogP contribution in [-0.4, -0.2) is 46.0 Å². The lowest BCUT2D eigenvalue weighted by Crippen LogP contribution is -2.30. The van der Waals surface area contributed by atoms with Gasteiger partial charge in [0.15, 0.2) is 11.6 Å². The largest absolute Gasteiger partial charge is 0.573 e. The number of aromatic nitrogens is 2. The Morgan fingerprint density at radius 3 is 2.46 bits per heavy atom. The topological polar surface area (TPSA) is 115 Å². The van der Waals surface area contributed by atoms with Crippen LogP contribution in [0.1, 0.15) is 29.4 Å². The first-order valence-corrected chi connectivity index (χ1v) is 10.5. The number of anilines is 1. The van der Waals surface area contributed by atoms with Gasteiger partial charge in [-0.15, -0.1) is 13.2 Å². The number of hydrogen-bond donors (Lipinski definition) is 3. The molecule has 9 nitrogen and oxygen atoms in total. The monoisotopic (exact) mass is 492 g/mol. The van der Waals surface area contributed by atoms with Crippen LogP contribution in [0.3, 0.4) is 0 Å². The molecule has 0 unspecified atom stereocenters. The van der Waals surface area contributed by atoms with Crippen LogP contribution >= 0.6 is 0 Å². The van der Waals surface area contributed by atoms with E-state index in [1.165, 1.54) is 23.6 Å². The van der Waals surface area contributed by atoms with Crippen molar-refractivity contribution in [3.8, 4) is 17.5 Å². The summed E-state index contributed by atoms with van der Waals surface area (Å²) in [7, 11) is 0. The molecule has 2 aromatic carbocycles. The van der Waals surface area contributed by atoms with E-state index in [1.54, 1.807) is 24.3 Å². The summed E-state index contributed by atoms with van der Waals surface area (Å²) < 4.78 is 48.9. The standard InChI is InChI=1S/C23H23F3N4O5/c1-15(32)19-20(28-21(33)27-11-6-12-31)29-22(30(19)14-16-7-3-2-4-8-16)34-17-9-5-10-18(13-17)35-23(24,25)26/h2-5,7-10,13,31H,6,11-12,14H2,1H3,(H2,27,28,33). The minimum Gasteiger partial charge on any atom is -0.425 e. The number of ketones is 1. The molecule has 1 heterocycles. The van der Waals surface area contributed by atoms with E-state index in [2.05, 4.69) is 20.4 Å². The van der Waals surface area contributed by atoms with Crippen LogP contribution < -0.4 is 20.1 Å². The molecule has 35 heavy (non-hydrogen) atoms. The van der Waals surface area contributed by atoms with Crippen LogP contribution in [0.25, 0.3) is 0 Å². The summed E-state index contributed by atoms with van der Waals surface area (Å²) in [5.74, 6) is -1.04. The van der Waals surface area contributed by atoms with Gasteiger partial charge >= 0.3 is 18.4 Å². The van der Waals surface area contributed by atoms with Crippen molar-refractivity contribution in [3.05, 3.63) is 65.9 Å². The Hall–Kier alpha value is -4.06. The first-order chi connectivity index (χ1) is 16.7. The number of nitrogens with one attached hydrogen (secondary N) is 2. The van der Waals surface area contributed by atoms with Crippen molar-refractivity contribution >= 4 is 17.6 Å². The van der Waals surface area contributed by atoms with Crippen LogP contribution in [-0.2, 0) is 6.54 Å². The number of alkyl halides is 3. The first kappa shape index (κ1) is 25.6. The van der Waals surface area contributed by atoms with Crippen LogP contribution in [0, 0.1) is 0 Å². The van der Waals surface area contributed by atoms with Gasteiger partial charge in [-0.1, -0.05) is 36.4 Å². The number of halogens is 3. The second-order valence-electron chi connectivity index (χ2n) is 7.30. The molecule has 3 rings (SSSR count). The van der Waals surface area contributed by atoms with Gasteiger partial charge in [0.05, 0.1) is 6.54 Å². The van der Waals surface area contributed by atoms with Crippen molar-refractivity contribution in [2.45, 2.75) is 26.3 Å². The maximum absolute atomic E-state index is 12.6. The summed E-state index contributed by atoms with van der Waals surface area (Å²) in [5.41, 5.74) is 0.814. The lowest BCUT2D eigenvalue weighted by atomic mass is 10.2. The van der Waals surface area contributed by atoms with Crippen LogP contribution in [0.4, 0.5) is 23.8 Å². The number of imidazole rings is 1. The molecule has 0 aliphatic heterocycles. The van der Waals surface area contributed by atoms with Crippen molar-refractivity contribution in [1.82, 2.24) is 14.9 Å². The third-order valence-corrected chi connectivity index (χ3v) is 4.55. The molecule has 186 valence electrons. The van der Waals surface area contributed by atoms with Crippen molar-refractivity contribution in [1.29, 1.82) is 0 Å². The van der Waals surface area contributed by atoms with Gasteiger partial charge in [-0.2, -0.15) is 4.98 Å². The molecule has 0 bridgehead atoms. The number of urea groups is 1. The van der Waals surface area contributed by atoms with E-state index in [1.807, 2.05) is 6.07 Å². The number of benzene rings is 2. The van der Waals surface area contributed by atoms with E-state index in [9.17, 15) is 22.8 Å². The zero-order valence-electron chi connectivity index (χ0n) is 18.6. The van der Waals surface area contributed by atoms with Crippen molar-refractivity contribution in [3.63, 3.8) is 0 Å². The highest BCUT2D eigenvalue weighted by molar-refractivity contribution is 6.01. The molecule has 0 radical (unpaired) electrons. The lowest BCUT2D eigenvalue weighted by Gasteiger charge is -2.13. The number of ether oxygens (including phenoxy) is 2. The third-order valence-electron chi connectivity index (χ3n) is 4.55. The highest BCUT2D eigenvalue weighted by atomic mass is 19.4. The minimum absolute atomic E-state index is 0.0277. The second-order valence-corrected chi connectivity index (χ2v) is 7.30. The second kappa shape index (κ2) is 11.4. The number of aliphatic hydroxyl groups is 1. The Bertz CT molecular complexity index is 1170. The molecule has 1 aromatic heterocycles. The molecule has 2 amide bonds. The number of nitrogens with zero attached hydrogens (tertiary/aromatic N) is 2. The summed E-state index contributed by atoms with van der Waals surface area (Å²) in [4.78, 5) is 29.0. The zero-order chi connectivity index (χ0) is 25.4. The van der Waals surface area contributed by atoms with Crippen LogP contribution in [0.2, 0.25) is 0 Å². The van der Waals surface area contributed by atoms with E-state index in [0.29, 0.717) is 6.42 Å². The Kier molecular flexibility index (Phi) is 8.31. The minimum atomic E-state index is -4.88. The smallest absolute Gasteiger partial charge is 0.425 e. The van der Waals surface area contributed by atoms with Gasteiger partial charge in [0, 0.05) is 26.1 Å². The number of Topliss-reactive ketones (excluding diaryl/α,β-unsaturated/α-hetero) is 1. The van der Waals surface area contributed by atoms with E-state index >= 15 is 0 Å². The summed E-state index contributed by atoms with van der Waals surface area (Å²) in [6.45, 7) is 1.50. The number of aliphatic hydroxyl groups excluding tert-OH is 1. The fraction of sp³-hybridized carbons (Fsp3) is 0.261. The molecule has 0 aliphatic carbocycles. The van der Waals surface area contributed by atoms with Gasteiger partial charge in [0.25, 0.3) is 0 Å². The van der Waals surface area contributed by atoms with E-state index in [4.69, 9.17) is 9.84 Å². The summed E-state index contributed by atoms with van der Waals surface area (Å²) in [5, 5.41) is 13.9. The van der Waals surface area contributed by atoms with Crippen LogP contribution in [0.15, 0.2) is 54.6 Å². The van der Waals surface area contributed by atoms with Gasteiger partial charge in [-0.25, -0.2) is 4.79 Å². The normalized spacial score (nSPS) is 11.1. The molecule has 0 saturated heterocycles. The average Bonchev–Trinajstić information content (AvgIpc) is 3.10. The Balaban J connectivity index is 1.97. The fourth-order valence-electron chi connectivity index (χ4n) is 3.14. The number of carbonyl (C=O) groups is 2. The van der Waals surface area contributed by atoms with Crippen molar-refractivity contribution in [2.75, 3.05) is 18.5 Å². The van der Waals surface area contributed by atoms with Gasteiger partial charge in [-0.05, 0) is 24.1 Å². The predicted octanol–water partition coefficient (Wildman–Crippen LogP) is 4.33. The molecule has 0 atom stereocenters. The van der Waals surface area contributed by atoms with Gasteiger partial charge < -0.3 is 19.9 Å². The maximum Gasteiger partial charge on any atom is 0.573 e. The van der Waals surface area contributed by atoms with E-state index in [-0.39, 0.29) is 43.0 Å². The summed E-state index contributed by atoms with van der Waals surface area (Å²) in [6, 6.07) is 13.1. The highest BCUT2D eigenvalue weighted by Crippen LogP contribution is 2.31. The van der Waals surface area contributed by atoms with Gasteiger partial charge in [0.2, 0.25) is 0 Å². The summed E-state index contributed by atoms with van der Waals surface area (Å²) in [6.07, 6.45) is -4.55. The number of amides is 2. The molecule has 0 fully saturated rings. The molecule has 0 spiro atoms. The van der Waals surface area contributed by atoms with Crippen molar-refractivity contribution in [2.24, 2.45) is 0 Å². The zero-order valence-corrected chi connectivity index (χ0v) is 18.6. The number of rotatable bonds is 10. The lowest BCUT2D eigenvalue weighted by molar-refractivity contribution is -0.274. The Morgan fingerprint density at radius 2 is 1.80 bits per heavy atom. The molecule has 12 heteroatoms. The third kappa shape index (κ3) is 7.47. The fourth-order valence-corrected chi connectivity index (χ4v) is 3.14. The van der Waals surface area contributed by atoms with E-state index in [0.717, 1.165) is 17.7 Å². The SMILES string of the molecule is CC(=O)c1c(NC(=O)NCCCO)nc(Oc2cccc(OC(F)(F)F)c2)n1Cc1ccccc1.